The highest BCUT2D eigenvalue weighted by Gasteiger charge is 2.51. The van der Waals surface area contributed by atoms with Gasteiger partial charge in [0.15, 0.2) is 12.6 Å². The van der Waals surface area contributed by atoms with Gasteiger partial charge in [-0.2, -0.15) is 0 Å². The van der Waals surface area contributed by atoms with Crippen LogP contribution in [0.15, 0.2) is 60.8 Å². The number of aliphatic hydroxyl groups is 8. The first-order chi connectivity index (χ1) is 34.6. The molecule has 0 saturated carbocycles. The molecule has 2 saturated heterocycles. The zero-order valence-electron chi connectivity index (χ0n) is 43.9. The molecule has 0 aliphatic carbocycles. The van der Waals surface area contributed by atoms with Gasteiger partial charge in [0, 0.05) is 6.42 Å². The lowest BCUT2D eigenvalue weighted by atomic mass is 9.97. The fraction of sp³-hybridized carbons (Fsp3) is 0.807. The summed E-state index contributed by atoms with van der Waals surface area (Å²) in [4.78, 5) is 13.2. The van der Waals surface area contributed by atoms with Crippen LogP contribution >= 0.6 is 0 Å². The lowest BCUT2D eigenvalue weighted by Gasteiger charge is -2.46. The van der Waals surface area contributed by atoms with Gasteiger partial charge in [-0.1, -0.05) is 197 Å². The number of ether oxygens (including phenoxy) is 4. The maximum Gasteiger partial charge on any atom is 0.220 e. The Balaban J connectivity index is 1.74. The summed E-state index contributed by atoms with van der Waals surface area (Å²) in [6.45, 7) is 2.66. The zero-order chi connectivity index (χ0) is 51.7. The molecule has 2 aliphatic heterocycles. The third-order valence-electron chi connectivity index (χ3n) is 13.5. The normalized spacial score (nSPS) is 26.2. The summed E-state index contributed by atoms with van der Waals surface area (Å²) in [7, 11) is 0. The van der Waals surface area contributed by atoms with Crippen molar-refractivity contribution in [2.75, 3.05) is 19.8 Å². The third kappa shape index (κ3) is 29.4. The molecule has 412 valence electrons. The second-order valence-electron chi connectivity index (χ2n) is 19.7. The predicted molar refractivity (Wildman–Crippen MR) is 281 cm³/mol. The molecule has 0 spiro atoms. The Bertz CT molecular complexity index is 1420. The van der Waals surface area contributed by atoms with Gasteiger partial charge in [0.25, 0.3) is 0 Å². The van der Waals surface area contributed by atoms with Crippen LogP contribution in [0.3, 0.4) is 0 Å². The fourth-order valence-corrected chi connectivity index (χ4v) is 8.93. The van der Waals surface area contributed by atoms with E-state index in [1.54, 1.807) is 6.08 Å². The van der Waals surface area contributed by atoms with Crippen molar-refractivity contribution in [3.63, 3.8) is 0 Å². The van der Waals surface area contributed by atoms with E-state index in [0.717, 1.165) is 70.6 Å². The van der Waals surface area contributed by atoms with Gasteiger partial charge in [-0.3, -0.25) is 4.79 Å². The molecule has 1 amide bonds. The minimum absolute atomic E-state index is 0.245. The van der Waals surface area contributed by atoms with Gasteiger partial charge in [-0.05, 0) is 57.8 Å². The minimum atomic E-state index is -1.79. The topological polar surface area (TPSA) is 228 Å². The molecule has 2 aliphatic rings. The Hall–Kier alpha value is -2.31. The number of hydrogen-bond donors (Lipinski definition) is 9. The van der Waals surface area contributed by atoms with E-state index in [1.165, 1.54) is 103 Å². The molecule has 9 N–H and O–H groups in total. The summed E-state index contributed by atoms with van der Waals surface area (Å²) in [6, 6.07) is -0.916. The van der Waals surface area contributed by atoms with Crippen LogP contribution in [0.4, 0.5) is 0 Å². The number of nitrogens with one attached hydrogen (secondary N) is 1. The van der Waals surface area contributed by atoms with Crippen LogP contribution in [0.1, 0.15) is 200 Å². The van der Waals surface area contributed by atoms with E-state index in [2.05, 4.69) is 67.8 Å². The third-order valence-corrected chi connectivity index (χ3v) is 13.5. The van der Waals surface area contributed by atoms with Crippen molar-refractivity contribution in [1.29, 1.82) is 0 Å². The Morgan fingerprint density at radius 3 is 1.49 bits per heavy atom. The number of carbonyl (C=O) groups is 1. The second kappa shape index (κ2) is 43.0. The maximum atomic E-state index is 13.2. The van der Waals surface area contributed by atoms with E-state index in [1.807, 2.05) is 6.08 Å². The summed E-state index contributed by atoms with van der Waals surface area (Å²) in [5, 5.41) is 86.9. The lowest BCUT2D eigenvalue weighted by Crippen LogP contribution is -2.65. The minimum Gasteiger partial charge on any atom is -0.394 e. The van der Waals surface area contributed by atoms with Crippen LogP contribution in [0.5, 0.6) is 0 Å². The number of rotatable bonds is 43. The van der Waals surface area contributed by atoms with Gasteiger partial charge in [0.2, 0.25) is 5.91 Å². The van der Waals surface area contributed by atoms with Crippen LogP contribution in [0.2, 0.25) is 0 Å². The predicted octanol–water partition coefficient (Wildman–Crippen LogP) is 8.61. The van der Waals surface area contributed by atoms with Crippen LogP contribution in [-0.2, 0) is 23.7 Å². The number of amides is 1. The largest absolute Gasteiger partial charge is 0.394 e. The standard InChI is InChI=1S/C57H101NO13/c1-3-5-7-9-11-13-15-17-18-19-20-21-22-23-24-25-26-27-28-29-31-33-35-37-39-41-49(62)58-45(46(61)40-38-36-34-32-30-16-14-12-10-8-6-4-2)44-68-56-54(67)52(65)55(48(43-60)70-56)71-57-53(66)51(64)50(63)47(42-59)69-57/h5,7,11,13,17-18,20-21,38,40,45-48,50-57,59-61,63-67H,3-4,6,8-10,12,14-16,19,22-37,39,41-44H2,1-2H3,(H,58,62)/b7-5-,13-11-,18-17-,21-20-,40-38+. The molecule has 12 unspecified atom stereocenters. The van der Waals surface area contributed by atoms with E-state index in [0.29, 0.717) is 6.42 Å². The molecule has 0 bridgehead atoms. The van der Waals surface area contributed by atoms with E-state index in [-0.39, 0.29) is 18.9 Å². The van der Waals surface area contributed by atoms with Crippen molar-refractivity contribution in [3.8, 4) is 0 Å². The molecule has 0 aromatic carbocycles. The SMILES string of the molecule is CC/C=C\C/C=C\C/C=C\C/C=C\CCCCCCCCCCCCCCC(=O)NC(COC1OC(CO)C(OC2OC(CO)C(O)C(O)C2O)C(O)C1O)C(O)/C=C/CCCCCCCCCCCC. The first-order valence-corrected chi connectivity index (χ1v) is 28.0. The highest BCUT2D eigenvalue weighted by atomic mass is 16.7. The van der Waals surface area contributed by atoms with E-state index in [4.69, 9.17) is 18.9 Å². The van der Waals surface area contributed by atoms with Gasteiger partial charge >= 0.3 is 0 Å². The van der Waals surface area contributed by atoms with Crippen molar-refractivity contribution in [1.82, 2.24) is 5.32 Å². The molecule has 0 aromatic rings. The Morgan fingerprint density at radius 1 is 0.521 bits per heavy atom. The van der Waals surface area contributed by atoms with Gasteiger partial charge < -0.3 is 65.1 Å². The highest BCUT2D eigenvalue weighted by Crippen LogP contribution is 2.30. The molecule has 0 radical (unpaired) electrons. The quantitative estimate of drug-likeness (QED) is 0.0206. The van der Waals surface area contributed by atoms with Crippen LogP contribution in [0.25, 0.3) is 0 Å². The van der Waals surface area contributed by atoms with Crippen molar-refractivity contribution in [3.05, 3.63) is 60.8 Å². The molecule has 12 atom stereocenters. The summed E-state index contributed by atoms with van der Waals surface area (Å²) in [5.41, 5.74) is 0. The number of unbranched alkanes of at least 4 members (excludes halogenated alkanes) is 22. The van der Waals surface area contributed by atoms with Crippen molar-refractivity contribution >= 4 is 5.91 Å². The Labute approximate surface area is 428 Å². The van der Waals surface area contributed by atoms with Crippen molar-refractivity contribution in [2.45, 2.75) is 274 Å². The van der Waals surface area contributed by atoms with Crippen molar-refractivity contribution in [2.24, 2.45) is 0 Å². The van der Waals surface area contributed by atoms with E-state index in [9.17, 15) is 45.6 Å². The molecule has 14 nitrogen and oxygen atoms in total. The molecule has 2 fully saturated rings. The Kier molecular flexibility index (Phi) is 39.2. The first kappa shape index (κ1) is 64.8. The summed E-state index contributed by atoms with van der Waals surface area (Å²) >= 11 is 0. The molecule has 14 heteroatoms. The summed E-state index contributed by atoms with van der Waals surface area (Å²) in [6.07, 6.45) is 36.9. The monoisotopic (exact) mass is 1010 g/mol. The maximum absolute atomic E-state index is 13.2. The zero-order valence-corrected chi connectivity index (χ0v) is 43.9. The smallest absolute Gasteiger partial charge is 0.220 e. The van der Waals surface area contributed by atoms with E-state index < -0.39 is 86.8 Å². The summed E-state index contributed by atoms with van der Waals surface area (Å²) in [5.74, 6) is -0.245. The van der Waals surface area contributed by atoms with Gasteiger partial charge in [-0.15, -0.1) is 0 Å². The van der Waals surface area contributed by atoms with Gasteiger partial charge in [0.05, 0.1) is 32.0 Å². The highest BCUT2D eigenvalue weighted by molar-refractivity contribution is 5.76. The van der Waals surface area contributed by atoms with E-state index >= 15 is 0 Å². The second-order valence-corrected chi connectivity index (χ2v) is 19.7. The molecule has 71 heavy (non-hydrogen) atoms. The Morgan fingerprint density at radius 2 is 0.972 bits per heavy atom. The number of allylic oxidation sites excluding steroid dienone is 9. The fourth-order valence-electron chi connectivity index (χ4n) is 8.93. The molecule has 2 heterocycles. The van der Waals surface area contributed by atoms with Crippen molar-refractivity contribution < 1.29 is 64.6 Å². The van der Waals surface area contributed by atoms with Gasteiger partial charge in [-0.25, -0.2) is 0 Å². The van der Waals surface area contributed by atoms with Crippen LogP contribution < -0.4 is 5.32 Å². The number of aliphatic hydroxyl groups excluding tert-OH is 8. The van der Waals surface area contributed by atoms with Gasteiger partial charge in [0.1, 0.15) is 48.8 Å². The summed E-state index contributed by atoms with van der Waals surface area (Å²) < 4.78 is 22.7. The molecule has 2 rings (SSSR count). The average Bonchev–Trinajstić information content (AvgIpc) is 3.37. The lowest BCUT2D eigenvalue weighted by molar-refractivity contribution is -0.359. The molecular weight excluding hydrogens is 907 g/mol. The van der Waals surface area contributed by atoms with Crippen LogP contribution in [-0.4, -0.2) is 140 Å². The van der Waals surface area contributed by atoms with Crippen LogP contribution in [0, 0.1) is 0 Å². The molecular formula is C57H101NO13. The number of hydrogen-bond acceptors (Lipinski definition) is 13. The number of carbonyl (C=O) groups excluding carboxylic acids is 1. The molecule has 0 aromatic heterocycles. The average molecular weight is 1010 g/mol. The first-order valence-electron chi connectivity index (χ1n) is 28.0.